The van der Waals surface area contributed by atoms with Crippen LogP contribution in [0, 0.1) is 0 Å². The minimum atomic E-state index is 0.738. The van der Waals surface area contributed by atoms with E-state index in [-0.39, 0.29) is 0 Å². The van der Waals surface area contributed by atoms with Crippen LogP contribution in [0.3, 0.4) is 0 Å². The lowest BCUT2D eigenvalue weighted by molar-refractivity contribution is 0.354. The normalized spacial score (nSPS) is 10.1. The summed E-state index contributed by atoms with van der Waals surface area (Å²) in [7, 11) is 3.28. The maximum Gasteiger partial charge on any atom is 0.161 e. The Morgan fingerprint density at radius 1 is 0.947 bits per heavy atom. The Morgan fingerprint density at radius 2 is 1.63 bits per heavy atom. The van der Waals surface area contributed by atoms with Crippen molar-refractivity contribution in [2.24, 2.45) is 0 Å². The van der Waals surface area contributed by atoms with Crippen molar-refractivity contribution in [1.82, 2.24) is 0 Å². The van der Waals surface area contributed by atoms with Gasteiger partial charge in [0.1, 0.15) is 0 Å². The molecule has 4 heteroatoms. The number of benzene rings is 2. The molecular weight excluding hydrogens is 306 g/mol. The number of methoxy groups -OCH3 is 2. The quantitative estimate of drug-likeness (QED) is 0.900. The van der Waals surface area contributed by atoms with Crippen molar-refractivity contribution in [2.75, 3.05) is 19.5 Å². The topological polar surface area (TPSA) is 30.5 Å². The third kappa shape index (κ3) is 3.64. The van der Waals surface area contributed by atoms with Gasteiger partial charge in [0.25, 0.3) is 0 Å². The van der Waals surface area contributed by atoms with Crippen LogP contribution >= 0.6 is 15.9 Å². The van der Waals surface area contributed by atoms with E-state index in [2.05, 4.69) is 21.2 Å². The van der Waals surface area contributed by atoms with Gasteiger partial charge in [-0.05, 0) is 42.0 Å². The molecule has 0 saturated heterocycles. The molecule has 100 valence electrons. The summed E-state index contributed by atoms with van der Waals surface area (Å²) in [5.41, 5.74) is 2.22. The molecule has 0 saturated carbocycles. The fourth-order valence-corrected chi connectivity index (χ4v) is 2.03. The second kappa shape index (κ2) is 6.48. The summed E-state index contributed by atoms with van der Waals surface area (Å²) in [6.45, 7) is 0.738. The first kappa shape index (κ1) is 13.7. The third-order valence-electron chi connectivity index (χ3n) is 2.79. The third-order valence-corrected chi connectivity index (χ3v) is 3.32. The molecule has 0 spiro atoms. The molecule has 2 aromatic rings. The van der Waals surface area contributed by atoms with Crippen molar-refractivity contribution in [3.63, 3.8) is 0 Å². The lowest BCUT2D eigenvalue weighted by Crippen LogP contribution is -2.00. The largest absolute Gasteiger partial charge is 0.493 e. The zero-order valence-corrected chi connectivity index (χ0v) is 12.5. The Bertz CT molecular complexity index is 540. The average Bonchev–Trinajstić information content (AvgIpc) is 2.46. The zero-order chi connectivity index (χ0) is 13.7. The Balaban J connectivity index is 2.05. The van der Waals surface area contributed by atoms with Gasteiger partial charge in [-0.1, -0.05) is 22.0 Å². The number of hydrogen-bond donors (Lipinski definition) is 1. The first-order chi connectivity index (χ1) is 9.22. The summed E-state index contributed by atoms with van der Waals surface area (Å²) < 4.78 is 11.6. The minimum absolute atomic E-state index is 0.738. The van der Waals surface area contributed by atoms with Gasteiger partial charge in [-0.3, -0.25) is 0 Å². The zero-order valence-electron chi connectivity index (χ0n) is 10.9. The fourth-order valence-electron chi connectivity index (χ4n) is 1.76. The summed E-state index contributed by atoms with van der Waals surface area (Å²) in [4.78, 5) is 0. The number of ether oxygens (including phenoxy) is 2. The van der Waals surface area contributed by atoms with Crippen molar-refractivity contribution in [3.05, 3.63) is 52.5 Å². The van der Waals surface area contributed by atoms with Crippen molar-refractivity contribution >= 4 is 21.6 Å². The number of halogens is 1. The lowest BCUT2D eigenvalue weighted by Gasteiger charge is -2.11. The molecule has 0 aliphatic rings. The van der Waals surface area contributed by atoms with Crippen LogP contribution in [-0.2, 0) is 6.54 Å². The molecule has 0 aliphatic heterocycles. The maximum absolute atomic E-state index is 5.29. The van der Waals surface area contributed by atoms with E-state index in [0.717, 1.165) is 33.8 Å². The van der Waals surface area contributed by atoms with E-state index in [4.69, 9.17) is 9.47 Å². The predicted molar refractivity (Wildman–Crippen MR) is 81.0 cm³/mol. The van der Waals surface area contributed by atoms with Crippen LogP contribution < -0.4 is 14.8 Å². The number of rotatable bonds is 5. The van der Waals surface area contributed by atoms with Gasteiger partial charge in [0.05, 0.1) is 14.2 Å². The monoisotopic (exact) mass is 321 g/mol. The highest BCUT2D eigenvalue weighted by Crippen LogP contribution is 2.27. The molecule has 0 fully saturated rings. The molecule has 0 aromatic heterocycles. The van der Waals surface area contributed by atoms with Gasteiger partial charge in [-0.15, -0.1) is 0 Å². The van der Waals surface area contributed by atoms with Gasteiger partial charge in [-0.25, -0.2) is 0 Å². The van der Waals surface area contributed by atoms with E-state index in [9.17, 15) is 0 Å². The SMILES string of the molecule is COc1ccc(CNc2ccc(Br)cc2)cc1OC. The summed E-state index contributed by atoms with van der Waals surface area (Å²) in [6.07, 6.45) is 0. The summed E-state index contributed by atoms with van der Waals surface area (Å²) in [5, 5.41) is 3.36. The number of nitrogens with one attached hydrogen (secondary N) is 1. The van der Waals surface area contributed by atoms with Gasteiger partial charge >= 0.3 is 0 Å². The minimum Gasteiger partial charge on any atom is -0.493 e. The molecule has 0 amide bonds. The highest BCUT2D eigenvalue weighted by molar-refractivity contribution is 9.10. The standard InChI is InChI=1S/C15H16BrNO2/c1-18-14-8-3-11(9-15(14)19-2)10-17-13-6-4-12(16)5-7-13/h3-9,17H,10H2,1-2H3. The Labute approximate surface area is 121 Å². The van der Waals surface area contributed by atoms with Crippen molar-refractivity contribution in [1.29, 1.82) is 0 Å². The van der Waals surface area contributed by atoms with Crippen LogP contribution in [0.4, 0.5) is 5.69 Å². The highest BCUT2D eigenvalue weighted by Gasteiger charge is 2.04. The van der Waals surface area contributed by atoms with E-state index < -0.39 is 0 Å². The maximum atomic E-state index is 5.29. The van der Waals surface area contributed by atoms with Crippen molar-refractivity contribution in [3.8, 4) is 11.5 Å². The first-order valence-corrected chi connectivity index (χ1v) is 6.72. The van der Waals surface area contributed by atoms with Gasteiger partial charge in [0.15, 0.2) is 11.5 Å². The molecule has 2 rings (SSSR count). The first-order valence-electron chi connectivity index (χ1n) is 5.93. The average molecular weight is 322 g/mol. The molecule has 0 atom stereocenters. The van der Waals surface area contributed by atoms with E-state index >= 15 is 0 Å². The smallest absolute Gasteiger partial charge is 0.161 e. The molecule has 2 aromatic carbocycles. The highest BCUT2D eigenvalue weighted by atomic mass is 79.9. The van der Waals surface area contributed by atoms with Gasteiger partial charge in [0.2, 0.25) is 0 Å². The summed E-state index contributed by atoms with van der Waals surface area (Å²) in [5.74, 6) is 1.49. The molecule has 1 N–H and O–H groups in total. The Kier molecular flexibility index (Phi) is 4.68. The van der Waals surface area contributed by atoms with Crippen LogP contribution in [0.5, 0.6) is 11.5 Å². The van der Waals surface area contributed by atoms with Crippen molar-refractivity contribution in [2.45, 2.75) is 6.54 Å². The van der Waals surface area contributed by atoms with E-state index in [1.807, 2.05) is 42.5 Å². The second-order valence-corrected chi connectivity index (χ2v) is 4.97. The van der Waals surface area contributed by atoms with Crippen LogP contribution in [-0.4, -0.2) is 14.2 Å². The number of anilines is 1. The summed E-state index contributed by atoms with van der Waals surface area (Å²) in [6, 6.07) is 14.0. The predicted octanol–water partition coefficient (Wildman–Crippen LogP) is 4.08. The van der Waals surface area contributed by atoms with E-state index in [1.54, 1.807) is 14.2 Å². The van der Waals surface area contributed by atoms with Crippen LogP contribution in [0.2, 0.25) is 0 Å². The van der Waals surface area contributed by atoms with Gasteiger partial charge in [-0.2, -0.15) is 0 Å². The molecule has 0 unspecified atom stereocenters. The lowest BCUT2D eigenvalue weighted by atomic mass is 10.2. The molecule has 0 radical (unpaired) electrons. The fraction of sp³-hybridized carbons (Fsp3) is 0.200. The molecule has 3 nitrogen and oxygen atoms in total. The molecular formula is C15H16BrNO2. The molecule has 0 heterocycles. The Morgan fingerprint density at radius 3 is 2.26 bits per heavy atom. The van der Waals surface area contributed by atoms with Gasteiger partial charge in [0, 0.05) is 16.7 Å². The second-order valence-electron chi connectivity index (χ2n) is 4.05. The van der Waals surface area contributed by atoms with Crippen molar-refractivity contribution < 1.29 is 9.47 Å². The van der Waals surface area contributed by atoms with Crippen LogP contribution in [0.15, 0.2) is 46.9 Å². The molecule has 0 aliphatic carbocycles. The van der Waals surface area contributed by atoms with Crippen LogP contribution in [0.25, 0.3) is 0 Å². The van der Waals surface area contributed by atoms with Crippen LogP contribution in [0.1, 0.15) is 5.56 Å². The van der Waals surface area contributed by atoms with E-state index in [1.165, 1.54) is 0 Å². The summed E-state index contributed by atoms with van der Waals surface area (Å²) >= 11 is 3.42. The number of hydrogen-bond acceptors (Lipinski definition) is 3. The molecule has 19 heavy (non-hydrogen) atoms. The van der Waals surface area contributed by atoms with E-state index in [0.29, 0.717) is 0 Å². The Hall–Kier alpha value is -1.68. The van der Waals surface area contributed by atoms with Gasteiger partial charge < -0.3 is 14.8 Å². The molecule has 0 bridgehead atoms.